The minimum atomic E-state index is -1.02. The highest BCUT2D eigenvalue weighted by Crippen LogP contribution is 2.35. The Morgan fingerprint density at radius 2 is 2.10 bits per heavy atom. The quantitative estimate of drug-likeness (QED) is 0.897. The molecular weight excluding hydrogens is 302 g/mol. The number of amides is 1. The molecule has 2 rings (SSSR count). The van der Waals surface area contributed by atoms with E-state index in [1.807, 2.05) is 11.4 Å². The van der Waals surface area contributed by atoms with E-state index in [-0.39, 0.29) is 28.4 Å². The predicted molar refractivity (Wildman–Crippen MR) is 89.9 cm³/mol. The molecule has 1 heterocycles. The SMILES string of the molecule is CC(C)(C)[C@@H](NC(=O)C[S@](=O)C1CCCC1)c1cccs1. The van der Waals surface area contributed by atoms with Gasteiger partial charge in [0.1, 0.15) is 5.75 Å². The summed E-state index contributed by atoms with van der Waals surface area (Å²) < 4.78 is 12.2. The molecule has 2 atom stereocenters. The summed E-state index contributed by atoms with van der Waals surface area (Å²) >= 11 is 1.65. The van der Waals surface area contributed by atoms with Crippen molar-refractivity contribution in [1.82, 2.24) is 5.32 Å². The Morgan fingerprint density at radius 1 is 1.43 bits per heavy atom. The second-order valence-corrected chi connectivity index (χ2v) is 9.51. The van der Waals surface area contributed by atoms with Gasteiger partial charge in [-0.25, -0.2) is 0 Å². The van der Waals surface area contributed by atoms with E-state index in [1.165, 1.54) is 0 Å². The third-order valence-corrected chi connectivity index (χ3v) is 6.65. The molecule has 1 aliphatic carbocycles. The van der Waals surface area contributed by atoms with E-state index >= 15 is 0 Å². The molecule has 1 fully saturated rings. The number of carbonyl (C=O) groups is 1. The van der Waals surface area contributed by atoms with Gasteiger partial charge in [-0.3, -0.25) is 9.00 Å². The smallest absolute Gasteiger partial charge is 0.233 e. The normalized spacial score (nSPS) is 19.4. The number of rotatable bonds is 5. The van der Waals surface area contributed by atoms with Gasteiger partial charge in [-0.05, 0) is 29.7 Å². The van der Waals surface area contributed by atoms with Crippen molar-refractivity contribution in [2.45, 2.75) is 57.7 Å². The fourth-order valence-corrected chi connectivity index (χ4v) is 5.23. The standard InChI is InChI=1S/C16H25NO2S2/c1-16(2,3)15(13-9-6-10-20-13)17-14(18)11-21(19)12-7-4-5-8-12/h6,9-10,12,15H,4-5,7-8,11H2,1-3H3,(H,17,18)/t15-,21-/m0/s1. The molecule has 0 radical (unpaired) electrons. The van der Waals surface area contributed by atoms with Crippen LogP contribution in [0.3, 0.4) is 0 Å². The molecule has 5 heteroatoms. The Hall–Kier alpha value is -0.680. The second kappa shape index (κ2) is 7.05. The van der Waals surface area contributed by atoms with Crippen molar-refractivity contribution in [3.8, 4) is 0 Å². The Labute approximate surface area is 134 Å². The van der Waals surface area contributed by atoms with Gasteiger partial charge in [-0.2, -0.15) is 0 Å². The van der Waals surface area contributed by atoms with E-state index < -0.39 is 10.8 Å². The van der Waals surface area contributed by atoms with Gasteiger partial charge in [0, 0.05) is 20.9 Å². The number of hydrogen-bond acceptors (Lipinski definition) is 3. The molecule has 1 aliphatic rings. The van der Waals surface area contributed by atoms with Crippen LogP contribution < -0.4 is 5.32 Å². The van der Waals surface area contributed by atoms with E-state index in [0.717, 1.165) is 30.6 Å². The maximum Gasteiger partial charge on any atom is 0.233 e. The van der Waals surface area contributed by atoms with Crippen molar-refractivity contribution in [2.75, 3.05) is 5.75 Å². The highest BCUT2D eigenvalue weighted by molar-refractivity contribution is 7.86. The number of thiophene rings is 1. The van der Waals surface area contributed by atoms with Crippen LogP contribution >= 0.6 is 11.3 Å². The summed E-state index contributed by atoms with van der Waals surface area (Å²) in [7, 11) is -1.02. The number of carbonyl (C=O) groups excluding carboxylic acids is 1. The summed E-state index contributed by atoms with van der Waals surface area (Å²) in [4.78, 5) is 13.4. The van der Waals surface area contributed by atoms with Gasteiger partial charge in [0.15, 0.2) is 0 Å². The third kappa shape index (κ3) is 4.65. The molecule has 1 amide bonds. The van der Waals surface area contributed by atoms with Crippen LogP contribution in [0.4, 0.5) is 0 Å². The Kier molecular flexibility index (Phi) is 5.60. The highest BCUT2D eigenvalue weighted by atomic mass is 32.2. The second-order valence-electron chi connectivity index (χ2n) is 6.81. The highest BCUT2D eigenvalue weighted by Gasteiger charge is 2.30. The summed E-state index contributed by atoms with van der Waals surface area (Å²) in [6.45, 7) is 6.35. The lowest BCUT2D eigenvalue weighted by atomic mass is 9.86. The summed E-state index contributed by atoms with van der Waals surface area (Å²) in [5, 5.41) is 5.34. The molecular formula is C16H25NO2S2. The van der Waals surface area contributed by atoms with Gasteiger partial charge in [-0.1, -0.05) is 39.7 Å². The van der Waals surface area contributed by atoms with Crippen molar-refractivity contribution >= 4 is 28.0 Å². The summed E-state index contributed by atoms with van der Waals surface area (Å²) in [6.07, 6.45) is 4.32. The molecule has 1 N–H and O–H groups in total. The molecule has 0 unspecified atom stereocenters. The van der Waals surface area contributed by atoms with Crippen LogP contribution in [0.2, 0.25) is 0 Å². The molecule has 0 aromatic carbocycles. The zero-order valence-corrected chi connectivity index (χ0v) is 14.7. The number of nitrogens with one attached hydrogen (secondary N) is 1. The molecule has 118 valence electrons. The van der Waals surface area contributed by atoms with Crippen molar-refractivity contribution < 1.29 is 9.00 Å². The maximum atomic E-state index is 12.3. The lowest BCUT2D eigenvalue weighted by molar-refractivity contribution is -0.120. The monoisotopic (exact) mass is 327 g/mol. The lowest BCUT2D eigenvalue weighted by Crippen LogP contribution is -2.39. The van der Waals surface area contributed by atoms with Gasteiger partial charge in [0.05, 0.1) is 6.04 Å². The van der Waals surface area contributed by atoms with Crippen molar-refractivity contribution in [3.63, 3.8) is 0 Å². The zero-order valence-electron chi connectivity index (χ0n) is 13.1. The Bertz CT molecular complexity index is 485. The largest absolute Gasteiger partial charge is 0.347 e. The van der Waals surface area contributed by atoms with Crippen LogP contribution in [-0.4, -0.2) is 21.1 Å². The van der Waals surface area contributed by atoms with Gasteiger partial charge in [0.25, 0.3) is 0 Å². The van der Waals surface area contributed by atoms with Crippen LogP contribution in [-0.2, 0) is 15.6 Å². The van der Waals surface area contributed by atoms with Crippen LogP contribution in [0, 0.1) is 5.41 Å². The minimum absolute atomic E-state index is 0.0226. The topological polar surface area (TPSA) is 46.2 Å². The summed E-state index contributed by atoms with van der Waals surface area (Å²) in [5.41, 5.74) is -0.0602. The maximum absolute atomic E-state index is 12.3. The first-order valence-corrected chi connectivity index (χ1v) is 9.84. The molecule has 1 saturated carbocycles. The van der Waals surface area contributed by atoms with Crippen molar-refractivity contribution in [1.29, 1.82) is 0 Å². The molecule has 21 heavy (non-hydrogen) atoms. The van der Waals surface area contributed by atoms with Gasteiger partial charge >= 0.3 is 0 Å². The fourth-order valence-electron chi connectivity index (χ4n) is 2.77. The molecule has 0 aliphatic heterocycles. The van der Waals surface area contributed by atoms with Crippen LogP contribution in [0.15, 0.2) is 17.5 Å². The molecule has 0 saturated heterocycles. The Morgan fingerprint density at radius 3 is 2.62 bits per heavy atom. The van der Waals surface area contributed by atoms with Crippen LogP contribution in [0.5, 0.6) is 0 Å². The predicted octanol–water partition coefficient (Wildman–Crippen LogP) is 3.64. The Balaban J connectivity index is 1.97. The molecule has 0 bridgehead atoms. The third-order valence-electron chi connectivity index (χ3n) is 3.95. The van der Waals surface area contributed by atoms with Crippen LogP contribution in [0.25, 0.3) is 0 Å². The first-order valence-electron chi connectivity index (χ1n) is 7.58. The van der Waals surface area contributed by atoms with Crippen molar-refractivity contribution in [2.24, 2.45) is 5.41 Å². The molecule has 3 nitrogen and oxygen atoms in total. The van der Waals surface area contributed by atoms with E-state index in [2.05, 4.69) is 32.2 Å². The first-order chi connectivity index (χ1) is 9.88. The summed E-state index contributed by atoms with van der Waals surface area (Å²) in [6, 6.07) is 4.03. The molecule has 1 aromatic heterocycles. The zero-order chi connectivity index (χ0) is 15.5. The van der Waals surface area contributed by atoms with E-state index in [9.17, 15) is 9.00 Å². The lowest BCUT2D eigenvalue weighted by Gasteiger charge is -2.30. The average Bonchev–Trinajstić information content (AvgIpc) is 3.07. The van der Waals surface area contributed by atoms with Gasteiger partial charge < -0.3 is 5.32 Å². The van der Waals surface area contributed by atoms with Gasteiger partial charge in [-0.15, -0.1) is 11.3 Å². The average molecular weight is 328 g/mol. The number of hydrogen-bond donors (Lipinski definition) is 1. The molecule has 0 spiro atoms. The van der Waals surface area contributed by atoms with Gasteiger partial charge in [0.2, 0.25) is 5.91 Å². The fraction of sp³-hybridized carbons (Fsp3) is 0.688. The van der Waals surface area contributed by atoms with Crippen LogP contribution in [0.1, 0.15) is 57.4 Å². The van der Waals surface area contributed by atoms with E-state index in [0.29, 0.717) is 0 Å². The van der Waals surface area contributed by atoms with E-state index in [1.54, 1.807) is 11.3 Å². The van der Waals surface area contributed by atoms with E-state index in [4.69, 9.17) is 0 Å². The summed E-state index contributed by atoms with van der Waals surface area (Å²) in [5.74, 6) is 0.0522. The molecule has 1 aromatic rings. The first kappa shape index (κ1) is 16.7. The minimum Gasteiger partial charge on any atom is -0.347 e. The van der Waals surface area contributed by atoms with Crippen molar-refractivity contribution in [3.05, 3.63) is 22.4 Å².